The minimum Gasteiger partial charge on any atom is -0.394 e. The van der Waals surface area contributed by atoms with Crippen LogP contribution in [0, 0.1) is 0 Å². The Balaban J connectivity index is 1.38. The fraction of sp³-hybridized carbons (Fsp3) is 0.381. The molecule has 8 heteroatoms. The number of aromatic amines is 1. The zero-order valence-corrected chi connectivity index (χ0v) is 18.0. The topological polar surface area (TPSA) is 55.4 Å². The van der Waals surface area contributed by atoms with Crippen molar-refractivity contribution in [1.82, 2.24) is 14.9 Å². The second kappa shape index (κ2) is 7.64. The van der Waals surface area contributed by atoms with E-state index in [-0.39, 0.29) is 12.6 Å². The lowest BCUT2D eigenvalue weighted by Gasteiger charge is -2.46. The van der Waals surface area contributed by atoms with Crippen molar-refractivity contribution in [1.29, 1.82) is 0 Å². The van der Waals surface area contributed by atoms with Crippen molar-refractivity contribution in [2.75, 3.05) is 31.1 Å². The SMILES string of the molecule is OCC1c2[nH]c3ccc(Cl)cc3c2CCN1CC1CCN1c1ccc(Cl)c(Cl)n1. The minimum absolute atomic E-state index is 0.0471. The standard InChI is InChI=1S/C21H21Cl3N4O/c22-12-1-3-17-15(9-12)14-6-7-27(18(11-29)20(14)25-17)10-13-5-8-28(13)19-4-2-16(23)21(24)26-19/h1-4,9,13,18,25,29H,5-8,10-11H2. The van der Waals surface area contributed by atoms with E-state index < -0.39 is 0 Å². The molecule has 2 aliphatic rings. The quantitative estimate of drug-likeness (QED) is 0.565. The predicted molar refractivity (Wildman–Crippen MR) is 118 cm³/mol. The molecular weight excluding hydrogens is 431 g/mol. The maximum atomic E-state index is 10.2. The number of benzene rings is 1. The lowest BCUT2D eigenvalue weighted by Crippen LogP contribution is -2.55. The molecule has 3 aromatic rings. The molecule has 4 heterocycles. The first-order chi connectivity index (χ1) is 14.0. The van der Waals surface area contributed by atoms with Gasteiger partial charge in [-0.05, 0) is 48.7 Å². The highest BCUT2D eigenvalue weighted by atomic mass is 35.5. The van der Waals surface area contributed by atoms with Crippen molar-refractivity contribution < 1.29 is 5.11 Å². The van der Waals surface area contributed by atoms with Crippen LogP contribution in [0.25, 0.3) is 10.9 Å². The van der Waals surface area contributed by atoms with Gasteiger partial charge < -0.3 is 15.0 Å². The molecule has 0 aliphatic carbocycles. The highest BCUT2D eigenvalue weighted by molar-refractivity contribution is 6.41. The molecular formula is C21H21Cl3N4O. The second-order valence-corrected chi connectivity index (χ2v) is 8.93. The Kier molecular flexibility index (Phi) is 5.13. The van der Waals surface area contributed by atoms with Crippen LogP contribution in [0.3, 0.4) is 0 Å². The molecule has 1 saturated heterocycles. The maximum Gasteiger partial charge on any atom is 0.150 e. The highest BCUT2D eigenvalue weighted by Gasteiger charge is 2.36. The van der Waals surface area contributed by atoms with Crippen LogP contribution in [0.4, 0.5) is 5.82 Å². The number of aromatic nitrogens is 2. The lowest BCUT2D eigenvalue weighted by atomic mass is 9.95. The molecule has 5 rings (SSSR count). The first-order valence-corrected chi connectivity index (χ1v) is 10.9. The van der Waals surface area contributed by atoms with Crippen molar-refractivity contribution in [2.24, 2.45) is 0 Å². The van der Waals surface area contributed by atoms with Gasteiger partial charge in [-0.1, -0.05) is 34.8 Å². The van der Waals surface area contributed by atoms with E-state index in [4.69, 9.17) is 34.8 Å². The number of rotatable bonds is 4. The summed E-state index contributed by atoms with van der Waals surface area (Å²) in [4.78, 5) is 12.6. The summed E-state index contributed by atoms with van der Waals surface area (Å²) in [6.45, 7) is 2.79. The summed E-state index contributed by atoms with van der Waals surface area (Å²) in [6.07, 6.45) is 2.02. The molecule has 0 spiro atoms. The third-order valence-corrected chi connectivity index (χ3v) is 7.09. The molecule has 2 atom stereocenters. The number of nitrogens with one attached hydrogen (secondary N) is 1. The van der Waals surface area contributed by atoms with Crippen LogP contribution < -0.4 is 4.90 Å². The summed E-state index contributed by atoms with van der Waals surface area (Å²) >= 11 is 18.3. The van der Waals surface area contributed by atoms with Crippen molar-refractivity contribution in [3.8, 4) is 0 Å². The van der Waals surface area contributed by atoms with Gasteiger partial charge in [0.05, 0.1) is 17.7 Å². The molecule has 29 heavy (non-hydrogen) atoms. The molecule has 0 radical (unpaired) electrons. The third-order valence-electron chi connectivity index (χ3n) is 6.17. The summed E-state index contributed by atoms with van der Waals surface area (Å²) < 4.78 is 0. The minimum atomic E-state index is -0.0471. The molecule has 2 N–H and O–H groups in total. The van der Waals surface area contributed by atoms with Crippen LogP contribution in [0.5, 0.6) is 0 Å². The van der Waals surface area contributed by atoms with E-state index in [1.54, 1.807) is 6.07 Å². The predicted octanol–water partition coefficient (Wildman–Crippen LogP) is 4.69. The fourth-order valence-electron chi connectivity index (χ4n) is 4.58. The van der Waals surface area contributed by atoms with E-state index in [2.05, 4.69) is 19.8 Å². The normalized spacial score (nSPS) is 22.0. The molecule has 0 bridgehead atoms. The Morgan fingerprint density at radius 2 is 2.00 bits per heavy atom. The molecule has 2 aliphatic heterocycles. The maximum absolute atomic E-state index is 10.2. The average Bonchev–Trinajstić information content (AvgIpc) is 3.05. The number of hydrogen-bond acceptors (Lipinski definition) is 4. The largest absolute Gasteiger partial charge is 0.394 e. The van der Waals surface area contributed by atoms with Crippen LogP contribution in [0.2, 0.25) is 15.2 Å². The van der Waals surface area contributed by atoms with Gasteiger partial charge in [-0.3, -0.25) is 4.90 Å². The van der Waals surface area contributed by atoms with Gasteiger partial charge in [-0.25, -0.2) is 4.98 Å². The number of fused-ring (bicyclic) bond motifs is 3. The summed E-state index contributed by atoms with van der Waals surface area (Å²) in [5.41, 5.74) is 3.45. The van der Waals surface area contributed by atoms with Gasteiger partial charge in [-0.2, -0.15) is 0 Å². The number of pyridine rings is 1. The van der Waals surface area contributed by atoms with Crippen LogP contribution in [0.15, 0.2) is 30.3 Å². The Bertz CT molecular complexity index is 1070. The van der Waals surface area contributed by atoms with Crippen LogP contribution in [-0.4, -0.2) is 52.3 Å². The van der Waals surface area contributed by atoms with Gasteiger partial charge in [-0.15, -0.1) is 0 Å². The molecule has 2 aromatic heterocycles. The molecule has 1 aromatic carbocycles. The zero-order valence-electron chi connectivity index (χ0n) is 15.7. The number of hydrogen-bond donors (Lipinski definition) is 2. The third kappa shape index (κ3) is 3.39. The van der Waals surface area contributed by atoms with Crippen molar-refractivity contribution >= 4 is 51.5 Å². The van der Waals surface area contributed by atoms with Crippen LogP contribution in [0.1, 0.15) is 23.7 Å². The summed E-state index contributed by atoms with van der Waals surface area (Å²) in [7, 11) is 0. The van der Waals surface area contributed by atoms with Gasteiger partial charge in [0.2, 0.25) is 0 Å². The summed E-state index contributed by atoms with van der Waals surface area (Å²) in [6, 6.07) is 9.93. The van der Waals surface area contributed by atoms with Gasteiger partial charge in [0.15, 0.2) is 0 Å². The van der Waals surface area contributed by atoms with Crippen molar-refractivity contribution in [3.63, 3.8) is 0 Å². The average molecular weight is 452 g/mol. The zero-order chi connectivity index (χ0) is 20.1. The molecule has 152 valence electrons. The molecule has 1 fully saturated rings. The first kappa shape index (κ1) is 19.5. The van der Waals surface area contributed by atoms with Gasteiger partial charge in [0.25, 0.3) is 0 Å². The van der Waals surface area contributed by atoms with E-state index in [0.29, 0.717) is 16.2 Å². The lowest BCUT2D eigenvalue weighted by molar-refractivity contribution is 0.0985. The van der Waals surface area contributed by atoms with Crippen LogP contribution in [-0.2, 0) is 6.42 Å². The van der Waals surface area contributed by atoms with E-state index in [1.807, 2.05) is 24.3 Å². The van der Waals surface area contributed by atoms with E-state index in [9.17, 15) is 5.11 Å². The van der Waals surface area contributed by atoms with Gasteiger partial charge in [0.1, 0.15) is 11.0 Å². The number of H-pyrrole nitrogens is 1. The summed E-state index contributed by atoms with van der Waals surface area (Å²) in [5.74, 6) is 0.856. The number of aliphatic hydroxyl groups is 1. The number of nitrogens with zero attached hydrogens (tertiary/aromatic N) is 3. The van der Waals surface area contributed by atoms with E-state index in [1.165, 1.54) is 5.56 Å². The Hall–Kier alpha value is -1.50. The number of aliphatic hydroxyl groups excluding tert-OH is 1. The molecule has 0 saturated carbocycles. The Morgan fingerprint density at radius 1 is 1.14 bits per heavy atom. The smallest absolute Gasteiger partial charge is 0.150 e. The van der Waals surface area contributed by atoms with Crippen LogP contribution >= 0.6 is 34.8 Å². The summed E-state index contributed by atoms with van der Waals surface area (Å²) in [5, 5.41) is 12.9. The van der Waals surface area contributed by atoms with Gasteiger partial charge in [0, 0.05) is 47.3 Å². The highest BCUT2D eigenvalue weighted by Crippen LogP contribution is 2.37. The van der Waals surface area contributed by atoms with Crippen molar-refractivity contribution in [3.05, 3.63) is 56.8 Å². The van der Waals surface area contributed by atoms with E-state index >= 15 is 0 Å². The fourth-order valence-corrected chi connectivity index (χ4v) is 5.01. The van der Waals surface area contributed by atoms with Gasteiger partial charge >= 0.3 is 0 Å². The second-order valence-electron chi connectivity index (χ2n) is 7.73. The molecule has 0 amide bonds. The van der Waals surface area contributed by atoms with Crippen molar-refractivity contribution in [2.45, 2.75) is 24.9 Å². The molecule has 5 nitrogen and oxygen atoms in total. The number of anilines is 1. The molecule has 2 unspecified atom stereocenters. The monoisotopic (exact) mass is 450 g/mol. The Morgan fingerprint density at radius 3 is 2.72 bits per heavy atom. The Labute approximate surface area is 184 Å². The van der Waals surface area contributed by atoms with E-state index in [0.717, 1.165) is 59.9 Å². The first-order valence-electron chi connectivity index (χ1n) is 9.78. The number of halogens is 3.